The van der Waals surface area contributed by atoms with Crippen LogP contribution in [0, 0.1) is 0 Å². The first kappa shape index (κ1) is 16.1. The second kappa shape index (κ2) is 7.65. The first-order chi connectivity index (χ1) is 11.7. The summed E-state index contributed by atoms with van der Waals surface area (Å²) < 4.78 is 5.24. The quantitative estimate of drug-likeness (QED) is 0.901. The van der Waals surface area contributed by atoms with E-state index in [1.54, 1.807) is 17.2 Å². The molecule has 3 rings (SSSR count). The van der Waals surface area contributed by atoms with Gasteiger partial charge in [0.25, 0.3) is 11.8 Å². The van der Waals surface area contributed by atoms with E-state index in [9.17, 15) is 9.59 Å². The molecule has 2 aromatic rings. The lowest BCUT2D eigenvalue weighted by Crippen LogP contribution is -2.40. The largest absolute Gasteiger partial charge is 0.378 e. The minimum Gasteiger partial charge on any atom is -0.378 e. The number of hydrogen-bond acceptors (Lipinski definition) is 5. The van der Waals surface area contributed by atoms with E-state index in [1.807, 2.05) is 18.2 Å². The molecule has 0 aromatic carbocycles. The van der Waals surface area contributed by atoms with Gasteiger partial charge in [0.2, 0.25) is 0 Å². The average Bonchev–Trinajstić information content (AvgIpc) is 2.67. The molecule has 0 aliphatic carbocycles. The van der Waals surface area contributed by atoms with E-state index in [2.05, 4.69) is 15.3 Å². The molecule has 2 amide bonds. The minimum absolute atomic E-state index is 0.134. The highest BCUT2D eigenvalue weighted by Crippen LogP contribution is 2.09. The fraction of sp³-hybridized carbons (Fsp3) is 0.294. The molecule has 124 valence electrons. The van der Waals surface area contributed by atoms with Gasteiger partial charge in [0.15, 0.2) is 0 Å². The summed E-state index contributed by atoms with van der Waals surface area (Å²) in [5.74, 6) is -0.421. The van der Waals surface area contributed by atoms with Crippen LogP contribution in [0.2, 0.25) is 0 Å². The van der Waals surface area contributed by atoms with E-state index in [0.717, 1.165) is 5.69 Å². The molecule has 7 heteroatoms. The van der Waals surface area contributed by atoms with Crippen molar-refractivity contribution in [3.8, 4) is 0 Å². The fourth-order valence-corrected chi connectivity index (χ4v) is 2.41. The standard InChI is InChI=1S/C17H18N4O3/c22-16(20-12-15-3-1-2-4-19-15)13-9-14(11-18-10-13)17(23)21-5-7-24-8-6-21/h1-4,9-11H,5-8,12H2,(H,20,22). The molecule has 3 heterocycles. The number of carbonyl (C=O) groups is 2. The lowest BCUT2D eigenvalue weighted by molar-refractivity contribution is 0.0302. The van der Waals surface area contributed by atoms with Crippen LogP contribution < -0.4 is 5.32 Å². The Bertz CT molecular complexity index is 715. The molecule has 24 heavy (non-hydrogen) atoms. The summed E-state index contributed by atoms with van der Waals surface area (Å²) >= 11 is 0. The number of rotatable bonds is 4. The zero-order chi connectivity index (χ0) is 16.8. The van der Waals surface area contributed by atoms with Crippen LogP contribution in [0.1, 0.15) is 26.4 Å². The highest BCUT2D eigenvalue weighted by Gasteiger charge is 2.19. The van der Waals surface area contributed by atoms with Gasteiger partial charge in [-0.3, -0.25) is 19.6 Å². The normalized spacial score (nSPS) is 14.2. The van der Waals surface area contributed by atoms with Gasteiger partial charge in [-0.1, -0.05) is 6.07 Å². The Morgan fingerprint density at radius 2 is 1.96 bits per heavy atom. The van der Waals surface area contributed by atoms with Gasteiger partial charge in [-0.15, -0.1) is 0 Å². The number of hydrogen-bond donors (Lipinski definition) is 1. The molecule has 1 saturated heterocycles. The molecular formula is C17H18N4O3. The van der Waals surface area contributed by atoms with E-state index < -0.39 is 0 Å². The van der Waals surface area contributed by atoms with Gasteiger partial charge in [0.1, 0.15) is 0 Å². The maximum Gasteiger partial charge on any atom is 0.255 e. The maximum absolute atomic E-state index is 12.4. The summed E-state index contributed by atoms with van der Waals surface area (Å²) in [6.45, 7) is 2.48. The number of nitrogens with zero attached hydrogens (tertiary/aromatic N) is 3. The summed E-state index contributed by atoms with van der Waals surface area (Å²) in [6.07, 6.45) is 4.60. The molecule has 0 radical (unpaired) electrons. The van der Waals surface area contributed by atoms with E-state index in [0.29, 0.717) is 44.0 Å². The second-order valence-electron chi connectivity index (χ2n) is 5.37. The Kier molecular flexibility index (Phi) is 5.12. The van der Waals surface area contributed by atoms with Gasteiger partial charge in [-0.2, -0.15) is 0 Å². The second-order valence-corrected chi connectivity index (χ2v) is 5.37. The number of amides is 2. The third-order valence-electron chi connectivity index (χ3n) is 3.70. The molecule has 1 N–H and O–H groups in total. The minimum atomic E-state index is -0.287. The van der Waals surface area contributed by atoms with Crippen LogP contribution >= 0.6 is 0 Å². The smallest absolute Gasteiger partial charge is 0.255 e. The Labute approximate surface area is 139 Å². The number of ether oxygens (including phenoxy) is 1. The summed E-state index contributed by atoms with van der Waals surface area (Å²) in [5.41, 5.74) is 1.52. The number of aromatic nitrogens is 2. The Hall–Kier alpha value is -2.80. The van der Waals surface area contributed by atoms with Crippen LogP contribution in [0.4, 0.5) is 0 Å². The van der Waals surface area contributed by atoms with Crippen LogP contribution in [0.3, 0.4) is 0 Å². The molecule has 1 aliphatic rings. The summed E-state index contributed by atoms with van der Waals surface area (Å²) in [5, 5.41) is 2.77. The maximum atomic E-state index is 12.4. The average molecular weight is 326 g/mol. The van der Waals surface area contributed by atoms with Crippen molar-refractivity contribution in [3.05, 3.63) is 59.7 Å². The molecular weight excluding hydrogens is 308 g/mol. The Balaban J connectivity index is 1.65. The topological polar surface area (TPSA) is 84.4 Å². The van der Waals surface area contributed by atoms with Crippen LogP contribution in [0.5, 0.6) is 0 Å². The predicted molar refractivity (Wildman–Crippen MR) is 86.4 cm³/mol. The van der Waals surface area contributed by atoms with Crippen molar-refractivity contribution in [1.29, 1.82) is 0 Å². The van der Waals surface area contributed by atoms with Gasteiger partial charge in [-0.05, 0) is 18.2 Å². The van der Waals surface area contributed by atoms with Crippen molar-refractivity contribution in [2.75, 3.05) is 26.3 Å². The third kappa shape index (κ3) is 3.94. The zero-order valence-corrected chi connectivity index (χ0v) is 13.1. The van der Waals surface area contributed by atoms with Crippen molar-refractivity contribution >= 4 is 11.8 Å². The van der Waals surface area contributed by atoms with Crippen LogP contribution in [0.25, 0.3) is 0 Å². The first-order valence-corrected chi connectivity index (χ1v) is 7.74. The number of morpholine rings is 1. The zero-order valence-electron chi connectivity index (χ0n) is 13.1. The van der Waals surface area contributed by atoms with Crippen LogP contribution in [-0.2, 0) is 11.3 Å². The molecule has 0 bridgehead atoms. The predicted octanol–water partition coefficient (Wildman–Crippen LogP) is 0.879. The highest BCUT2D eigenvalue weighted by atomic mass is 16.5. The van der Waals surface area contributed by atoms with Crippen molar-refractivity contribution < 1.29 is 14.3 Å². The lowest BCUT2D eigenvalue weighted by atomic mass is 10.1. The van der Waals surface area contributed by atoms with Crippen molar-refractivity contribution in [2.24, 2.45) is 0 Å². The van der Waals surface area contributed by atoms with E-state index >= 15 is 0 Å². The number of carbonyl (C=O) groups excluding carboxylic acids is 2. The molecule has 1 fully saturated rings. The molecule has 0 unspecified atom stereocenters. The number of nitrogens with one attached hydrogen (secondary N) is 1. The summed E-state index contributed by atoms with van der Waals surface area (Å²) in [6, 6.07) is 7.07. The van der Waals surface area contributed by atoms with Crippen LogP contribution in [0.15, 0.2) is 42.9 Å². The fourth-order valence-electron chi connectivity index (χ4n) is 2.41. The van der Waals surface area contributed by atoms with Crippen molar-refractivity contribution in [2.45, 2.75) is 6.54 Å². The highest BCUT2D eigenvalue weighted by molar-refractivity contribution is 5.99. The first-order valence-electron chi connectivity index (χ1n) is 7.74. The van der Waals surface area contributed by atoms with Gasteiger partial charge >= 0.3 is 0 Å². The molecule has 0 atom stereocenters. The molecule has 7 nitrogen and oxygen atoms in total. The van der Waals surface area contributed by atoms with Crippen molar-refractivity contribution in [1.82, 2.24) is 20.2 Å². The molecule has 0 spiro atoms. The van der Waals surface area contributed by atoms with E-state index in [4.69, 9.17) is 4.74 Å². The van der Waals surface area contributed by atoms with E-state index in [-0.39, 0.29) is 11.8 Å². The summed E-state index contributed by atoms with van der Waals surface area (Å²) in [4.78, 5) is 34.6. The molecule has 1 aliphatic heterocycles. The number of pyridine rings is 2. The van der Waals surface area contributed by atoms with Crippen molar-refractivity contribution in [3.63, 3.8) is 0 Å². The monoisotopic (exact) mass is 326 g/mol. The summed E-state index contributed by atoms with van der Waals surface area (Å²) in [7, 11) is 0. The Morgan fingerprint density at radius 3 is 2.71 bits per heavy atom. The van der Waals surface area contributed by atoms with Gasteiger partial charge in [-0.25, -0.2) is 0 Å². The van der Waals surface area contributed by atoms with Gasteiger partial charge in [0, 0.05) is 31.7 Å². The lowest BCUT2D eigenvalue weighted by Gasteiger charge is -2.26. The van der Waals surface area contributed by atoms with Crippen LogP contribution in [-0.4, -0.2) is 53.0 Å². The third-order valence-corrected chi connectivity index (χ3v) is 3.70. The van der Waals surface area contributed by atoms with Gasteiger partial charge < -0.3 is 15.0 Å². The molecule has 2 aromatic heterocycles. The van der Waals surface area contributed by atoms with E-state index in [1.165, 1.54) is 12.4 Å². The SMILES string of the molecule is O=C(NCc1ccccn1)c1cncc(C(=O)N2CCOCC2)c1. The van der Waals surface area contributed by atoms with Gasteiger partial charge in [0.05, 0.1) is 36.6 Å². The Morgan fingerprint density at radius 1 is 1.17 bits per heavy atom. The molecule has 0 saturated carbocycles.